The lowest BCUT2D eigenvalue weighted by Gasteiger charge is -2.04. The van der Waals surface area contributed by atoms with Gasteiger partial charge in [-0.05, 0) is 41.0 Å². The van der Waals surface area contributed by atoms with E-state index in [2.05, 4.69) is 41.4 Å². The third-order valence-electron chi connectivity index (χ3n) is 3.58. The predicted molar refractivity (Wildman–Crippen MR) is 103 cm³/mol. The zero-order chi connectivity index (χ0) is 16.6. The summed E-state index contributed by atoms with van der Waals surface area (Å²) in [6, 6.07) is 26.7. The van der Waals surface area contributed by atoms with Gasteiger partial charge < -0.3 is 5.11 Å². The lowest BCUT2D eigenvalue weighted by molar-refractivity contribution is 0.322. The second-order valence-electron chi connectivity index (χ2n) is 5.31. The van der Waals surface area contributed by atoms with Crippen LogP contribution in [0.3, 0.4) is 0 Å². The van der Waals surface area contributed by atoms with E-state index in [4.69, 9.17) is 5.11 Å². The summed E-state index contributed by atoms with van der Waals surface area (Å²) < 4.78 is 0. The summed E-state index contributed by atoms with van der Waals surface area (Å²) in [5, 5.41) is 8.87. The Hall–Kier alpha value is -2.36. The monoisotopic (exact) mass is 333 g/mol. The molecule has 3 rings (SSSR count). The fourth-order valence-electron chi connectivity index (χ4n) is 2.34. The molecule has 0 radical (unpaired) electrons. The summed E-state index contributed by atoms with van der Waals surface area (Å²) in [6.45, 7) is 0.206. The van der Waals surface area contributed by atoms with E-state index in [-0.39, 0.29) is 6.61 Å². The molecule has 3 aromatic rings. The molecule has 0 atom stereocenters. The van der Waals surface area contributed by atoms with Crippen LogP contribution >= 0.6 is 11.8 Å². The van der Waals surface area contributed by atoms with Crippen LogP contribution in [0.15, 0.2) is 88.8 Å². The van der Waals surface area contributed by atoms with Crippen LogP contribution in [0.5, 0.6) is 0 Å². The van der Waals surface area contributed by atoms with Gasteiger partial charge in [-0.15, -0.1) is 11.8 Å². The largest absolute Gasteiger partial charge is 0.396 e. The molecule has 0 unspecified atom stereocenters. The molecule has 0 aliphatic carbocycles. The summed E-state index contributed by atoms with van der Waals surface area (Å²) >= 11 is 1.66. The van der Waals surface area contributed by atoms with E-state index in [9.17, 15) is 0 Å². The van der Waals surface area contributed by atoms with Gasteiger partial charge in [-0.3, -0.25) is 4.99 Å². The standard InChI is InChI=1S/C21H19NOS/c23-14-15-24-21-12-8-19(9-13-21)18-6-10-20(11-7-18)22-16-17-4-2-1-3-5-17/h1-13,16,23H,14-15H2. The van der Waals surface area contributed by atoms with E-state index in [1.807, 2.05) is 48.7 Å². The van der Waals surface area contributed by atoms with E-state index < -0.39 is 0 Å². The summed E-state index contributed by atoms with van der Waals surface area (Å²) in [7, 11) is 0. The fraction of sp³-hybridized carbons (Fsp3) is 0.0952. The molecular formula is C21H19NOS. The van der Waals surface area contributed by atoms with Crippen molar-refractivity contribution >= 4 is 23.7 Å². The molecule has 3 aromatic carbocycles. The van der Waals surface area contributed by atoms with E-state index in [0.29, 0.717) is 0 Å². The Bertz CT molecular complexity index is 780. The maximum Gasteiger partial charge on any atom is 0.0630 e. The average molecular weight is 333 g/mol. The number of aliphatic hydroxyl groups excluding tert-OH is 1. The van der Waals surface area contributed by atoms with E-state index in [1.54, 1.807) is 11.8 Å². The highest BCUT2D eigenvalue weighted by molar-refractivity contribution is 7.99. The zero-order valence-electron chi connectivity index (χ0n) is 13.3. The van der Waals surface area contributed by atoms with Crippen molar-refractivity contribution in [2.75, 3.05) is 12.4 Å². The van der Waals surface area contributed by atoms with Crippen LogP contribution in [0.4, 0.5) is 5.69 Å². The van der Waals surface area contributed by atoms with E-state index >= 15 is 0 Å². The molecule has 0 spiro atoms. The van der Waals surface area contributed by atoms with Crippen LogP contribution in [0.1, 0.15) is 5.56 Å². The maximum absolute atomic E-state index is 8.87. The molecule has 0 bridgehead atoms. The highest BCUT2D eigenvalue weighted by Gasteiger charge is 1.99. The van der Waals surface area contributed by atoms with Crippen LogP contribution in [0, 0.1) is 0 Å². The first-order chi connectivity index (χ1) is 11.8. The topological polar surface area (TPSA) is 32.6 Å². The molecule has 0 heterocycles. The van der Waals surface area contributed by atoms with Crippen molar-refractivity contribution in [3.05, 3.63) is 84.4 Å². The normalized spacial score (nSPS) is 11.0. The molecule has 3 heteroatoms. The number of hydrogen-bond donors (Lipinski definition) is 1. The minimum atomic E-state index is 0.206. The number of aliphatic hydroxyl groups is 1. The number of benzene rings is 3. The first-order valence-electron chi connectivity index (χ1n) is 7.88. The molecule has 24 heavy (non-hydrogen) atoms. The van der Waals surface area contributed by atoms with E-state index in [1.165, 1.54) is 16.0 Å². The Labute approximate surface area is 146 Å². The SMILES string of the molecule is OCCSc1ccc(-c2ccc(N=Cc3ccccc3)cc2)cc1. The molecule has 0 aliphatic rings. The lowest BCUT2D eigenvalue weighted by atomic mass is 10.1. The van der Waals surface area contributed by atoms with Crippen LogP contribution in [0.2, 0.25) is 0 Å². The summed E-state index contributed by atoms with van der Waals surface area (Å²) in [5.41, 5.74) is 4.39. The van der Waals surface area contributed by atoms with Gasteiger partial charge in [-0.25, -0.2) is 0 Å². The number of aliphatic imine (C=N–C) groups is 1. The van der Waals surface area contributed by atoms with E-state index in [0.717, 1.165) is 17.0 Å². The number of thioether (sulfide) groups is 1. The van der Waals surface area contributed by atoms with Crippen LogP contribution in [0.25, 0.3) is 11.1 Å². The van der Waals surface area contributed by atoms with Gasteiger partial charge in [-0.2, -0.15) is 0 Å². The molecule has 0 fully saturated rings. The Morgan fingerprint density at radius 3 is 2.04 bits per heavy atom. The van der Waals surface area contributed by atoms with Gasteiger partial charge in [0.2, 0.25) is 0 Å². The second-order valence-corrected chi connectivity index (χ2v) is 6.48. The summed E-state index contributed by atoms with van der Waals surface area (Å²) in [4.78, 5) is 5.68. The van der Waals surface area contributed by atoms with Gasteiger partial charge in [0.1, 0.15) is 0 Å². The quantitative estimate of drug-likeness (QED) is 0.497. The van der Waals surface area contributed by atoms with Gasteiger partial charge in [0.05, 0.1) is 12.3 Å². The maximum atomic E-state index is 8.87. The minimum absolute atomic E-state index is 0.206. The molecule has 0 amide bonds. The molecule has 0 saturated heterocycles. The van der Waals surface area contributed by atoms with Crippen molar-refractivity contribution in [2.24, 2.45) is 4.99 Å². The zero-order valence-corrected chi connectivity index (χ0v) is 14.1. The van der Waals surface area contributed by atoms with Crippen LogP contribution in [-0.2, 0) is 0 Å². The molecule has 0 saturated carbocycles. The minimum Gasteiger partial charge on any atom is -0.396 e. The first-order valence-corrected chi connectivity index (χ1v) is 8.87. The van der Waals surface area contributed by atoms with Gasteiger partial charge >= 0.3 is 0 Å². The molecular weight excluding hydrogens is 314 g/mol. The summed E-state index contributed by atoms with van der Waals surface area (Å²) in [6.07, 6.45) is 1.88. The third kappa shape index (κ3) is 4.57. The molecule has 1 N–H and O–H groups in total. The average Bonchev–Trinajstić information content (AvgIpc) is 2.66. The summed E-state index contributed by atoms with van der Waals surface area (Å²) in [5.74, 6) is 0.730. The Morgan fingerprint density at radius 2 is 1.42 bits per heavy atom. The second kappa shape index (κ2) is 8.48. The van der Waals surface area contributed by atoms with Gasteiger partial charge in [0, 0.05) is 16.9 Å². The first kappa shape index (κ1) is 16.5. The third-order valence-corrected chi connectivity index (χ3v) is 4.57. The van der Waals surface area contributed by atoms with Gasteiger partial charge in [0.25, 0.3) is 0 Å². The van der Waals surface area contributed by atoms with Crippen molar-refractivity contribution in [1.82, 2.24) is 0 Å². The Morgan fingerprint density at radius 1 is 0.792 bits per heavy atom. The van der Waals surface area contributed by atoms with Crippen molar-refractivity contribution in [3.8, 4) is 11.1 Å². The van der Waals surface area contributed by atoms with Crippen LogP contribution < -0.4 is 0 Å². The van der Waals surface area contributed by atoms with Crippen molar-refractivity contribution in [1.29, 1.82) is 0 Å². The van der Waals surface area contributed by atoms with Crippen molar-refractivity contribution in [2.45, 2.75) is 4.90 Å². The Balaban J connectivity index is 1.69. The highest BCUT2D eigenvalue weighted by Crippen LogP contribution is 2.25. The van der Waals surface area contributed by atoms with Crippen molar-refractivity contribution in [3.63, 3.8) is 0 Å². The molecule has 120 valence electrons. The number of hydrogen-bond acceptors (Lipinski definition) is 3. The predicted octanol–water partition coefficient (Wildman–Crippen LogP) is 5.19. The Kier molecular flexibility index (Phi) is 5.83. The number of nitrogens with zero attached hydrogens (tertiary/aromatic N) is 1. The number of rotatable bonds is 6. The molecule has 2 nitrogen and oxygen atoms in total. The van der Waals surface area contributed by atoms with Gasteiger partial charge in [0.15, 0.2) is 0 Å². The van der Waals surface area contributed by atoms with Crippen molar-refractivity contribution < 1.29 is 5.11 Å². The molecule has 0 aromatic heterocycles. The fourth-order valence-corrected chi connectivity index (χ4v) is 2.99. The lowest BCUT2D eigenvalue weighted by Crippen LogP contribution is -1.85. The smallest absolute Gasteiger partial charge is 0.0630 e. The van der Waals surface area contributed by atoms with Crippen LogP contribution in [-0.4, -0.2) is 23.7 Å². The highest BCUT2D eigenvalue weighted by atomic mass is 32.2. The molecule has 0 aliphatic heterocycles. The van der Waals surface area contributed by atoms with Gasteiger partial charge in [-0.1, -0.05) is 54.6 Å².